The lowest BCUT2D eigenvalue weighted by atomic mass is 10.1. The van der Waals surface area contributed by atoms with Gasteiger partial charge in [-0.3, -0.25) is 0 Å². The zero-order chi connectivity index (χ0) is 10.7. The largest absolute Gasteiger partial charge is 0.306 e. The monoisotopic (exact) mass is 212 g/mol. The van der Waals surface area contributed by atoms with Crippen LogP contribution < -0.4 is 4.43 Å². The molecule has 0 saturated carbocycles. The van der Waals surface area contributed by atoms with Crippen LogP contribution in [0.1, 0.15) is 13.8 Å². The van der Waals surface area contributed by atoms with Gasteiger partial charge in [-0.05, 0) is 10.8 Å². The van der Waals surface area contributed by atoms with Crippen molar-refractivity contribution in [2.45, 2.75) is 24.4 Å². The van der Waals surface area contributed by atoms with E-state index in [1.54, 1.807) is 4.43 Å². The van der Waals surface area contributed by atoms with Crippen molar-refractivity contribution in [3.05, 3.63) is 42.5 Å². The summed E-state index contributed by atoms with van der Waals surface area (Å²) in [6.07, 6.45) is 0. The van der Waals surface area contributed by atoms with E-state index in [0.717, 1.165) is 0 Å². The van der Waals surface area contributed by atoms with E-state index in [0.29, 0.717) is 0 Å². The molecule has 15 heavy (non-hydrogen) atoms. The van der Waals surface area contributed by atoms with Crippen LogP contribution in [-0.2, 0) is 0 Å². The van der Waals surface area contributed by atoms with Crippen molar-refractivity contribution < 1.29 is 0 Å². The van der Waals surface area contributed by atoms with Crippen LogP contribution in [0.25, 0.3) is 10.8 Å². The molecule has 0 nitrogen and oxygen atoms in total. The number of hydrogen-bond donors (Lipinski definition) is 0. The van der Waals surface area contributed by atoms with E-state index in [-0.39, 0.29) is 0 Å². The third kappa shape index (κ3) is 2.09. The SMILES string of the molecule is C[CH2][Al]([CH2]C)[c]1cccc2ccccc12. The Labute approximate surface area is 96.3 Å². The summed E-state index contributed by atoms with van der Waals surface area (Å²) in [7, 11) is 0. The van der Waals surface area contributed by atoms with Gasteiger partial charge in [-0.15, -0.1) is 4.43 Å². The van der Waals surface area contributed by atoms with E-state index in [4.69, 9.17) is 0 Å². The first-order chi connectivity index (χ1) is 7.36. The third-order valence-corrected chi connectivity index (χ3v) is 6.60. The lowest BCUT2D eigenvalue weighted by Gasteiger charge is -2.11. The molecule has 0 aliphatic carbocycles. The Morgan fingerprint density at radius 1 is 0.867 bits per heavy atom. The summed E-state index contributed by atoms with van der Waals surface area (Å²) in [5, 5.41) is 5.62. The van der Waals surface area contributed by atoms with Crippen molar-refractivity contribution in [3.63, 3.8) is 0 Å². The fourth-order valence-corrected chi connectivity index (χ4v) is 4.88. The Hall–Kier alpha value is -0.768. The molecular formula is C14H17Al. The Bertz CT molecular complexity index is 439. The molecule has 0 fully saturated rings. The van der Waals surface area contributed by atoms with Crippen LogP contribution >= 0.6 is 0 Å². The van der Waals surface area contributed by atoms with E-state index < -0.39 is 14.1 Å². The van der Waals surface area contributed by atoms with Gasteiger partial charge in [0.25, 0.3) is 0 Å². The maximum Gasteiger partial charge on any atom is 0.306 e. The Morgan fingerprint density at radius 2 is 1.53 bits per heavy atom. The van der Waals surface area contributed by atoms with E-state index >= 15 is 0 Å². The first-order valence-corrected chi connectivity index (χ1v) is 8.05. The molecule has 0 bridgehead atoms. The van der Waals surface area contributed by atoms with Crippen molar-refractivity contribution in [3.8, 4) is 0 Å². The van der Waals surface area contributed by atoms with Crippen LogP contribution in [0, 0.1) is 0 Å². The zero-order valence-electron chi connectivity index (χ0n) is 9.53. The number of fused-ring (bicyclic) bond motifs is 1. The molecule has 0 N–H and O–H groups in total. The van der Waals surface area contributed by atoms with Gasteiger partial charge in [0.1, 0.15) is 0 Å². The molecule has 0 unspecified atom stereocenters. The fourth-order valence-electron chi connectivity index (χ4n) is 2.33. The third-order valence-electron chi connectivity index (χ3n) is 3.25. The predicted molar refractivity (Wildman–Crippen MR) is 70.3 cm³/mol. The summed E-state index contributed by atoms with van der Waals surface area (Å²) in [4.78, 5) is 0. The number of benzene rings is 2. The van der Waals surface area contributed by atoms with Crippen LogP contribution in [0.2, 0.25) is 10.6 Å². The van der Waals surface area contributed by atoms with Crippen molar-refractivity contribution in [1.82, 2.24) is 0 Å². The maximum absolute atomic E-state index is 2.34. The first-order valence-electron chi connectivity index (χ1n) is 5.84. The minimum absolute atomic E-state index is 0.701. The highest BCUT2D eigenvalue weighted by Crippen LogP contribution is 2.13. The summed E-state index contributed by atoms with van der Waals surface area (Å²) >= 11 is -0.701. The average molecular weight is 212 g/mol. The second-order valence-corrected chi connectivity index (χ2v) is 7.73. The number of rotatable bonds is 3. The van der Waals surface area contributed by atoms with Crippen molar-refractivity contribution in [2.24, 2.45) is 0 Å². The van der Waals surface area contributed by atoms with Crippen LogP contribution in [0.4, 0.5) is 0 Å². The topological polar surface area (TPSA) is 0 Å². The summed E-state index contributed by atoms with van der Waals surface area (Å²) in [6.45, 7) is 4.67. The summed E-state index contributed by atoms with van der Waals surface area (Å²) in [6, 6.07) is 15.5. The zero-order valence-corrected chi connectivity index (χ0v) is 10.7. The van der Waals surface area contributed by atoms with Gasteiger partial charge in [0, 0.05) is 0 Å². The summed E-state index contributed by atoms with van der Waals surface area (Å²) in [5.41, 5.74) is 0. The fraction of sp³-hybridized carbons (Fsp3) is 0.286. The van der Waals surface area contributed by atoms with Gasteiger partial charge in [0.15, 0.2) is 0 Å². The van der Waals surface area contributed by atoms with Gasteiger partial charge in [0.05, 0.1) is 0 Å². The predicted octanol–water partition coefficient (Wildman–Crippen LogP) is 3.58. The average Bonchev–Trinajstić information content (AvgIpc) is 2.31. The molecule has 0 heterocycles. The molecule has 1 heteroatoms. The van der Waals surface area contributed by atoms with E-state index in [1.165, 1.54) is 21.3 Å². The minimum atomic E-state index is -0.701. The van der Waals surface area contributed by atoms with Gasteiger partial charge in [0.2, 0.25) is 0 Å². The van der Waals surface area contributed by atoms with Gasteiger partial charge in [-0.25, -0.2) is 0 Å². The standard InChI is InChI=1S/C10H7.2C2H5.Al/c1-2-6-10-8-4-3-7-9(10)5-1;2*1-2;/h1-7H;2*1H2,2H3;. The normalized spacial score (nSPS) is 10.5. The molecule has 0 aromatic heterocycles. The Balaban J connectivity index is 2.59. The molecule has 0 amide bonds. The molecule has 2 rings (SSSR count). The van der Waals surface area contributed by atoms with Gasteiger partial charge in [-0.1, -0.05) is 66.9 Å². The molecule has 0 spiro atoms. The van der Waals surface area contributed by atoms with Crippen LogP contribution in [0.5, 0.6) is 0 Å². The summed E-state index contributed by atoms with van der Waals surface area (Å²) in [5.74, 6) is 0. The maximum atomic E-state index is 2.34. The Kier molecular flexibility index (Phi) is 3.46. The quantitative estimate of drug-likeness (QED) is 0.682. The van der Waals surface area contributed by atoms with Crippen LogP contribution in [0.3, 0.4) is 0 Å². The smallest absolute Gasteiger partial charge is 0.103 e. The molecule has 0 radical (unpaired) electrons. The molecular weight excluding hydrogens is 195 g/mol. The minimum Gasteiger partial charge on any atom is -0.103 e. The second-order valence-electron chi connectivity index (χ2n) is 4.08. The van der Waals surface area contributed by atoms with Gasteiger partial charge < -0.3 is 0 Å². The lowest BCUT2D eigenvalue weighted by Crippen LogP contribution is -2.28. The highest BCUT2D eigenvalue weighted by atomic mass is 27.2. The Morgan fingerprint density at radius 3 is 2.27 bits per heavy atom. The highest BCUT2D eigenvalue weighted by Gasteiger charge is 2.16. The van der Waals surface area contributed by atoms with E-state index in [1.807, 2.05) is 0 Å². The molecule has 0 aliphatic rings. The van der Waals surface area contributed by atoms with E-state index in [9.17, 15) is 0 Å². The molecule has 76 valence electrons. The van der Waals surface area contributed by atoms with Crippen LogP contribution in [0.15, 0.2) is 42.5 Å². The number of hydrogen-bond acceptors (Lipinski definition) is 0. The molecule has 2 aromatic carbocycles. The van der Waals surface area contributed by atoms with Crippen molar-refractivity contribution >= 4 is 29.3 Å². The van der Waals surface area contributed by atoms with Gasteiger partial charge in [-0.2, -0.15) is 0 Å². The van der Waals surface area contributed by atoms with Crippen LogP contribution in [-0.4, -0.2) is 14.1 Å². The van der Waals surface area contributed by atoms with Crippen molar-refractivity contribution in [2.75, 3.05) is 0 Å². The molecule has 0 saturated heterocycles. The second kappa shape index (κ2) is 4.84. The first kappa shape index (κ1) is 10.7. The van der Waals surface area contributed by atoms with Crippen molar-refractivity contribution in [1.29, 1.82) is 0 Å². The molecule has 0 aliphatic heterocycles. The van der Waals surface area contributed by atoms with E-state index in [2.05, 4.69) is 56.3 Å². The summed E-state index contributed by atoms with van der Waals surface area (Å²) < 4.78 is 1.65. The molecule has 2 aromatic rings. The van der Waals surface area contributed by atoms with Gasteiger partial charge >= 0.3 is 14.1 Å². The highest BCUT2D eigenvalue weighted by molar-refractivity contribution is 6.75. The molecule has 0 atom stereocenters. The lowest BCUT2D eigenvalue weighted by molar-refractivity contribution is 1.33.